The lowest BCUT2D eigenvalue weighted by Gasteiger charge is -2.33. The first kappa shape index (κ1) is 17.9. The first-order chi connectivity index (χ1) is 11.0. The number of likely N-dealkylation sites (tertiary alicyclic amines) is 1. The molecule has 0 radical (unpaired) electrons. The Hall–Kier alpha value is -1.46. The highest BCUT2D eigenvalue weighted by Gasteiger charge is 2.25. The molecule has 1 heterocycles. The fourth-order valence-electron chi connectivity index (χ4n) is 2.74. The Morgan fingerprint density at radius 3 is 2.74 bits per heavy atom. The van der Waals surface area contributed by atoms with Crippen molar-refractivity contribution >= 4 is 17.6 Å². The number of ether oxygens (including phenoxy) is 1. The molecule has 2 unspecified atom stereocenters. The van der Waals surface area contributed by atoms with E-state index in [0.717, 1.165) is 12.8 Å². The van der Waals surface area contributed by atoms with Gasteiger partial charge in [-0.3, -0.25) is 0 Å². The third-order valence-corrected chi connectivity index (χ3v) is 4.42. The summed E-state index contributed by atoms with van der Waals surface area (Å²) in [5.74, 6) is 0.987. The van der Waals surface area contributed by atoms with E-state index < -0.39 is 0 Å². The minimum absolute atomic E-state index is 0.0735. The Bertz CT molecular complexity index is 516. The smallest absolute Gasteiger partial charge is 0.317 e. The van der Waals surface area contributed by atoms with Gasteiger partial charge in [-0.1, -0.05) is 17.7 Å². The molecule has 128 valence electrons. The van der Waals surface area contributed by atoms with E-state index in [-0.39, 0.29) is 18.2 Å². The predicted octanol–water partition coefficient (Wildman–Crippen LogP) is 2.91. The Balaban J connectivity index is 1.72. The van der Waals surface area contributed by atoms with E-state index in [1.807, 2.05) is 26.0 Å². The summed E-state index contributed by atoms with van der Waals surface area (Å²) in [6.07, 6.45) is 1.25. The van der Waals surface area contributed by atoms with Gasteiger partial charge in [0.15, 0.2) is 0 Å². The van der Waals surface area contributed by atoms with Crippen molar-refractivity contribution in [1.82, 2.24) is 10.2 Å². The summed E-state index contributed by atoms with van der Waals surface area (Å²) in [5, 5.41) is 13.1. The van der Waals surface area contributed by atoms with E-state index in [4.69, 9.17) is 16.3 Å². The SMILES string of the molecule is CC(CNC(=O)N1CCC(C(C)O)CC1)Oc1cccc(Cl)c1. The van der Waals surface area contributed by atoms with E-state index in [1.165, 1.54) is 0 Å². The van der Waals surface area contributed by atoms with Gasteiger partial charge in [0, 0.05) is 18.1 Å². The molecule has 0 spiro atoms. The number of aliphatic hydroxyl groups is 1. The van der Waals surface area contributed by atoms with E-state index in [0.29, 0.717) is 36.3 Å². The Kier molecular flexibility index (Phi) is 6.54. The molecule has 0 aliphatic carbocycles. The van der Waals surface area contributed by atoms with Crippen LogP contribution in [0.15, 0.2) is 24.3 Å². The third-order valence-electron chi connectivity index (χ3n) is 4.18. The van der Waals surface area contributed by atoms with Crippen molar-refractivity contribution in [3.63, 3.8) is 0 Å². The molecule has 0 saturated carbocycles. The number of carbonyl (C=O) groups excluding carboxylic acids is 1. The van der Waals surface area contributed by atoms with E-state index in [1.54, 1.807) is 17.0 Å². The first-order valence-corrected chi connectivity index (χ1v) is 8.46. The monoisotopic (exact) mass is 340 g/mol. The minimum Gasteiger partial charge on any atom is -0.489 e. The number of aliphatic hydroxyl groups excluding tert-OH is 1. The molecule has 2 atom stereocenters. The van der Waals surface area contributed by atoms with Crippen LogP contribution in [0.4, 0.5) is 4.79 Å². The lowest BCUT2D eigenvalue weighted by molar-refractivity contribution is 0.0793. The summed E-state index contributed by atoms with van der Waals surface area (Å²) in [5.41, 5.74) is 0. The Morgan fingerprint density at radius 2 is 2.13 bits per heavy atom. The summed E-state index contributed by atoms with van der Waals surface area (Å²) in [6.45, 7) is 5.52. The molecular weight excluding hydrogens is 316 g/mol. The summed E-state index contributed by atoms with van der Waals surface area (Å²) in [7, 11) is 0. The van der Waals surface area contributed by atoms with Crippen LogP contribution in [0.1, 0.15) is 26.7 Å². The quantitative estimate of drug-likeness (QED) is 0.866. The molecule has 2 rings (SSSR count). The van der Waals surface area contributed by atoms with E-state index in [2.05, 4.69) is 5.32 Å². The van der Waals surface area contributed by atoms with Crippen molar-refractivity contribution < 1.29 is 14.6 Å². The van der Waals surface area contributed by atoms with Crippen LogP contribution in [0.3, 0.4) is 0 Å². The van der Waals surface area contributed by atoms with Crippen LogP contribution in [-0.4, -0.2) is 47.9 Å². The maximum Gasteiger partial charge on any atom is 0.317 e. The average Bonchev–Trinajstić information content (AvgIpc) is 2.52. The van der Waals surface area contributed by atoms with Crippen molar-refractivity contribution in [3.8, 4) is 5.75 Å². The second kappa shape index (κ2) is 8.41. The van der Waals surface area contributed by atoms with Crippen molar-refractivity contribution in [2.75, 3.05) is 19.6 Å². The van der Waals surface area contributed by atoms with Crippen LogP contribution in [0, 0.1) is 5.92 Å². The van der Waals surface area contributed by atoms with Gasteiger partial charge >= 0.3 is 6.03 Å². The van der Waals surface area contributed by atoms with E-state index in [9.17, 15) is 9.90 Å². The third kappa shape index (κ3) is 5.59. The number of nitrogens with one attached hydrogen (secondary N) is 1. The zero-order valence-electron chi connectivity index (χ0n) is 13.7. The Morgan fingerprint density at radius 1 is 1.43 bits per heavy atom. The zero-order chi connectivity index (χ0) is 16.8. The molecule has 6 heteroatoms. The van der Waals surface area contributed by atoms with Crippen LogP contribution in [0.25, 0.3) is 0 Å². The summed E-state index contributed by atoms with van der Waals surface area (Å²) < 4.78 is 5.73. The summed E-state index contributed by atoms with van der Waals surface area (Å²) in [6, 6.07) is 7.13. The molecule has 0 bridgehead atoms. The van der Waals surface area contributed by atoms with Crippen LogP contribution in [0.2, 0.25) is 5.02 Å². The molecule has 1 saturated heterocycles. The van der Waals surface area contributed by atoms with Gasteiger partial charge in [0.1, 0.15) is 11.9 Å². The van der Waals surface area contributed by atoms with Crippen LogP contribution < -0.4 is 10.1 Å². The van der Waals surface area contributed by atoms with Crippen molar-refractivity contribution in [2.45, 2.75) is 38.9 Å². The highest BCUT2D eigenvalue weighted by Crippen LogP contribution is 2.20. The fraction of sp³-hybridized carbons (Fsp3) is 0.588. The molecule has 1 aliphatic rings. The van der Waals surface area contributed by atoms with Gasteiger partial charge in [-0.25, -0.2) is 4.79 Å². The van der Waals surface area contributed by atoms with Crippen LogP contribution in [-0.2, 0) is 0 Å². The lowest BCUT2D eigenvalue weighted by atomic mass is 9.92. The molecular formula is C17H25ClN2O3. The van der Waals surface area contributed by atoms with Gasteiger partial charge < -0.3 is 20.1 Å². The molecule has 23 heavy (non-hydrogen) atoms. The lowest BCUT2D eigenvalue weighted by Crippen LogP contribution is -2.47. The van der Waals surface area contributed by atoms with Crippen LogP contribution in [0.5, 0.6) is 5.75 Å². The number of rotatable bonds is 5. The number of hydrogen-bond donors (Lipinski definition) is 2. The molecule has 1 aliphatic heterocycles. The number of carbonyl (C=O) groups is 1. The van der Waals surface area contributed by atoms with E-state index >= 15 is 0 Å². The molecule has 1 fully saturated rings. The average molecular weight is 341 g/mol. The predicted molar refractivity (Wildman–Crippen MR) is 90.9 cm³/mol. The summed E-state index contributed by atoms with van der Waals surface area (Å²) >= 11 is 5.92. The second-order valence-electron chi connectivity index (χ2n) is 6.14. The zero-order valence-corrected chi connectivity index (χ0v) is 14.4. The number of halogens is 1. The number of urea groups is 1. The second-order valence-corrected chi connectivity index (χ2v) is 6.57. The normalized spacial score (nSPS) is 18.3. The topological polar surface area (TPSA) is 61.8 Å². The van der Waals surface area contributed by atoms with Crippen molar-refractivity contribution in [3.05, 3.63) is 29.3 Å². The Labute approximate surface area is 142 Å². The first-order valence-electron chi connectivity index (χ1n) is 8.08. The highest BCUT2D eigenvalue weighted by atomic mass is 35.5. The number of amides is 2. The largest absolute Gasteiger partial charge is 0.489 e. The van der Waals surface area contributed by atoms with Gasteiger partial charge in [0.25, 0.3) is 0 Å². The maximum atomic E-state index is 12.2. The maximum absolute atomic E-state index is 12.2. The molecule has 2 N–H and O–H groups in total. The number of piperidine rings is 1. The molecule has 2 amide bonds. The fourth-order valence-corrected chi connectivity index (χ4v) is 2.92. The van der Waals surface area contributed by atoms with Gasteiger partial charge in [-0.2, -0.15) is 0 Å². The minimum atomic E-state index is -0.300. The number of nitrogens with zero attached hydrogens (tertiary/aromatic N) is 1. The highest BCUT2D eigenvalue weighted by molar-refractivity contribution is 6.30. The van der Waals surface area contributed by atoms with Gasteiger partial charge in [0.2, 0.25) is 0 Å². The van der Waals surface area contributed by atoms with Crippen molar-refractivity contribution in [2.24, 2.45) is 5.92 Å². The summed E-state index contributed by atoms with van der Waals surface area (Å²) in [4.78, 5) is 14.0. The molecule has 1 aromatic rings. The standard InChI is InChI=1S/C17H25ClN2O3/c1-12(23-16-5-3-4-15(18)10-16)11-19-17(22)20-8-6-14(7-9-20)13(2)21/h3-5,10,12-14,21H,6-9,11H2,1-2H3,(H,19,22). The van der Waals surface area contributed by atoms with Gasteiger partial charge in [-0.05, 0) is 50.8 Å². The molecule has 1 aromatic carbocycles. The number of benzene rings is 1. The molecule has 0 aromatic heterocycles. The van der Waals surface area contributed by atoms with Crippen LogP contribution >= 0.6 is 11.6 Å². The number of hydrogen-bond acceptors (Lipinski definition) is 3. The molecule has 5 nitrogen and oxygen atoms in total. The van der Waals surface area contributed by atoms with Gasteiger partial charge in [-0.15, -0.1) is 0 Å². The van der Waals surface area contributed by atoms with Gasteiger partial charge in [0.05, 0.1) is 12.6 Å². The van der Waals surface area contributed by atoms with Crippen molar-refractivity contribution in [1.29, 1.82) is 0 Å².